The molecule has 0 unspecified atom stereocenters. The van der Waals surface area contributed by atoms with Gasteiger partial charge < -0.3 is 15.4 Å². The molecule has 1 aliphatic heterocycles. The molecule has 0 aromatic heterocycles. The molecule has 2 rings (SSSR count). The molecule has 1 aromatic rings. The molecule has 0 atom stereocenters. The number of esters is 1. The van der Waals surface area contributed by atoms with Gasteiger partial charge in [0.05, 0.1) is 17.9 Å². The first-order chi connectivity index (χ1) is 10.4. The number of rotatable bonds is 4. The predicted molar refractivity (Wildman–Crippen MR) is 85.8 cm³/mol. The van der Waals surface area contributed by atoms with Crippen LogP contribution in [-0.4, -0.2) is 42.5 Å². The Hall–Kier alpha value is -2.08. The first kappa shape index (κ1) is 16.3. The van der Waals surface area contributed by atoms with E-state index in [1.807, 2.05) is 0 Å². The SMILES string of the molecule is CCC(=O)Oc1c(N)cccc1N1CCN(C(C)C)CC1=O. The normalized spacial score (nSPS) is 16.2. The van der Waals surface area contributed by atoms with Crippen molar-refractivity contribution in [1.29, 1.82) is 0 Å². The van der Waals surface area contributed by atoms with Crippen LogP contribution in [-0.2, 0) is 9.59 Å². The molecular formula is C16H23N3O3. The monoisotopic (exact) mass is 305 g/mol. The van der Waals surface area contributed by atoms with Crippen LogP contribution in [0.2, 0.25) is 0 Å². The fourth-order valence-electron chi connectivity index (χ4n) is 2.44. The van der Waals surface area contributed by atoms with E-state index in [4.69, 9.17) is 10.5 Å². The number of para-hydroxylation sites is 1. The number of amides is 1. The first-order valence-electron chi connectivity index (χ1n) is 7.57. The third-order valence-electron chi connectivity index (χ3n) is 3.80. The molecule has 1 fully saturated rings. The van der Waals surface area contributed by atoms with Crippen molar-refractivity contribution >= 4 is 23.3 Å². The van der Waals surface area contributed by atoms with Gasteiger partial charge in [0.2, 0.25) is 5.91 Å². The third kappa shape index (κ3) is 3.39. The molecule has 0 spiro atoms. The summed E-state index contributed by atoms with van der Waals surface area (Å²) in [5, 5.41) is 0. The Balaban J connectivity index is 2.27. The number of carbonyl (C=O) groups is 2. The van der Waals surface area contributed by atoms with Gasteiger partial charge in [-0.3, -0.25) is 14.5 Å². The highest BCUT2D eigenvalue weighted by Gasteiger charge is 2.29. The van der Waals surface area contributed by atoms with Gasteiger partial charge in [-0.05, 0) is 26.0 Å². The zero-order valence-electron chi connectivity index (χ0n) is 13.3. The van der Waals surface area contributed by atoms with Gasteiger partial charge >= 0.3 is 5.97 Å². The molecule has 6 nitrogen and oxygen atoms in total. The second-order valence-corrected chi connectivity index (χ2v) is 5.63. The number of benzene rings is 1. The topological polar surface area (TPSA) is 75.9 Å². The molecule has 0 bridgehead atoms. The lowest BCUT2D eigenvalue weighted by Crippen LogP contribution is -2.52. The number of carbonyl (C=O) groups excluding carboxylic acids is 2. The maximum atomic E-state index is 12.4. The summed E-state index contributed by atoms with van der Waals surface area (Å²) in [5.41, 5.74) is 6.85. The van der Waals surface area contributed by atoms with Crippen LogP contribution in [0.1, 0.15) is 27.2 Å². The molecular weight excluding hydrogens is 282 g/mol. The first-order valence-corrected chi connectivity index (χ1v) is 7.57. The molecule has 1 amide bonds. The number of piperazine rings is 1. The maximum Gasteiger partial charge on any atom is 0.311 e. The van der Waals surface area contributed by atoms with Crippen molar-refractivity contribution in [2.24, 2.45) is 0 Å². The molecule has 120 valence electrons. The summed E-state index contributed by atoms with van der Waals surface area (Å²) in [6, 6.07) is 5.51. The second kappa shape index (κ2) is 6.79. The molecule has 0 aliphatic carbocycles. The van der Waals surface area contributed by atoms with Crippen molar-refractivity contribution < 1.29 is 14.3 Å². The molecule has 0 radical (unpaired) electrons. The summed E-state index contributed by atoms with van der Waals surface area (Å²) in [4.78, 5) is 27.8. The standard InChI is InChI=1S/C16H23N3O3/c1-4-15(21)22-16-12(17)6-5-7-13(16)19-9-8-18(11(2)3)10-14(19)20/h5-7,11H,4,8-10,17H2,1-3H3. The zero-order valence-corrected chi connectivity index (χ0v) is 13.3. The average molecular weight is 305 g/mol. The summed E-state index contributed by atoms with van der Waals surface area (Å²) >= 11 is 0. The van der Waals surface area contributed by atoms with Gasteiger partial charge in [0.25, 0.3) is 0 Å². The fraction of sp³-hybridized carbons (Fsp3) is 0.500. The summed E-state index contributed by atoms with van der Waals surface area (Å²) < 4.78 is 5.33. The predicted octanol–water partition coefficient (Wildman–Crippen LogP) is 1.64. The van der Waals surface area contributed by atoms with E-state index in [0.29, 0.717) is 30.5 Å². The highest BCUT2D eigenvalue weighted by atomic mass is 16.5. The third-order valence-corrected chi connectivity index (χ3v) is 3.80. The van der Waals surface area contributed by atoms with E-state index in [0.717, 1.165) is 6.54 Å². The molecule has 2 N–H and O–H groups in total. The van der Waals surface area contributed by atoms with Crippen LogP contribution in [0.3, 0.4) is 0 Å². The van der Waals surface area contributed by atoms with Crippen molar-refractivity contribution in [3.63, 3.8) is 0 Å². The number of hydrogen-bond acceptors (Lipinski definition) is 5. The number of anilines is 2. The van der Waals surface area contributed by atoms with E-state index in [1.165, 1.54) is 0 Å². The Morgan fingerprint density at radius 1 is 1.36 bits per heavy atom. The number of hydrogen-bond donors (Lipinski definition) is 1. The van der Waals surface area contributed by atoms with Crippen molar-refractivity contribution in [2.45, 2.75) is 33.2 Å². The summed E-state index contributed by atoms with van der Waals surface area (Å²) in [7, 11) is 0. The molecule has 22 heavy (non-hydrogen) atoms. The van der Waals surface area contributed by atoms with Crippen LogP contribution in [0, 0.1) is 0 Å². The Kier molecular flexibility index (Phi) is 5.03. The van der Waals surface area contributed by atoms with Crippen LogP contribution in [0.4, 0.5) is 11.4 Å². The smallest absolute Gasteiger partial charge is 0.311 e. The van der Waals surface area contributed by atoms with Crippen molar-refractivity contribution in [3.05, 3.63) is 18.2 Å². The van der Waals surface area contributed by atoms with E-state index in [2.05, 4.69) is 18.7 Å². The fourth-order valence-corrected chi connectivity index (χ4v) is 2.44. The second-order valence-electron chi connectivity index (χ2n) is 5.63. The summed E-state index contributed by atoms with van der Waals surface area (Å²) in [6.07, 6.45) is 0.253. The molecule has 1 aromatic carbocycles. The van der Waals surface area contributed by atoms with Crippen LogP contribution in [0.5, 0.6) is 5.75 Å². The zero-order chi connectivity index (χ0) is 16.3. The van der Waals surface area contributed by atoms with E-state index in [9.17, 15) is 9.59 Å². The van der Waals surface area contributed by atoms with Crippen molar-refractivity contribution in [3.8, 4) is 5.75 Å². The Bertz CT molecular complexity index is 572. The number of nitrogen functional groups attached to an aromatic ring is 1. The van der Waals surface area contributed by atoms with Gasteiger partial charge in [0.15, 0.2) is 5.75 Å². The van der Waals surface area contributed by atoms with Gasteiger partial charge in [-0.25, -0.2) is 0 Å². The minimum Gasteiger partial charge on any atom is -0.422 e. The minimum atomic E-state index is -0.368. The molecule has 1 heterocycles. The molecule has 6 heteroatoms. The Morgan fingerprint density at radius 3 is 2.68 bits per heavy atom. The Morgan fingerprint density at radius 2 is 2.09 bits per heavy atom. The van der Waals surface area contributed by atoms with Gasteiger partial charge in [-0.1, -0.05) is 13.0 Å². The molecule has 1 saturated heterocycles. The number of ether oxygens (including phenoxy) is 1. The highest BCUT2D eigenvalue weighted by molar-refractivity contribution is 5.98. The quantitative estimate of drug-likeness (QED) is 0.520. The Labute approximate surface area is 130 Å². The lowest BCUT2D eigenvalue weighted by Gasteiger charge is -2.36. The van der Waals surface area contributed by atoms with E-state index in [1.54, 1.807) is 30.0 Å². The largest absolute Gasteiger partial charge is 0.422 e. The number of nitrogens with zero attached hydrogens (tertiary/aromatic N) is 2. The van der Waals surface area contributed by atoms with E-state index < -0.39 is 0 Å². The molecule has 1 aliphatic rings. The van der Waals surface area contributed by atoms with Crippen LogP contribution < -0.4 is 15.4 Å². The van der Waals surface area contributed by atoms with Crippen LogP contribution in [0.25, 0.3) is 0 Å². The highest BCUT2D eigenvalue weighted by Crippen LogP contribution is 2.35. The summed E-state index contributed by atoms with van der Waals surface area (Å²) in [6.45, 7) is 7.54. The van der Waals surface area contributed by atoms with E-state index in [-0.39, 0.29) is 24.0 Å². The number of nitrogens with two attached hydrogens (primary N) is 1. The maximum absolute atomic E-state index is 12.4. The minimum absolute atomic E-state index is 0.0145. The average Bonchev–Trinajstić information content (AvgIpc) is 2.49. The van der Waals surface area contributed by atoms with Crippen LogP contribution in [0.15, 0.2) is 18.2 Å². The van der Waals surface area contributed by atoms with E-state index >= 15 is 0 Å². The summed E-state index contributed by atoms with van der Waals surface area (Å²) in [5.74, 6) is -0.104. The van der Waals surface area contributed by atoms with Crippen molar-refractivity contribution in [1.82, 2.24) is 4.90 Å². The van der Waals surface area contributed by atoms with Crippen molar-refractivity contribution in [2.75, 3.05) is 30.3 Å². The lowest BCUT2D eigenvalue weighted by molar-refractivity contribution is -0.134. The van der Waals surface area contributed by atoms with Gasteiger partial charge in [0.1, 0.15) is 0 Å². The van der Waals surface area contributed by atoms with Crippen LogP contribution >= 0.6 is 0 Å². The van der Waals surface area contributed by atoms with Gasteiger partial charge in [0, 0.05) is 25.6 Å². The molecule has 0 saturated carbocycles. The van der Waals surface area contributed by atoms with Gasteiger partial charge in [-0.15, -0.1) is 0 Å². The lowest BCUT2D eigenvalue weighted by atomic mass is 10.2. The van der Waals surface area contributed by atoms with Gasteiger partial charge in [-0.2, -0.15) is 0 Å².